The molecule has 1 aliphatic heterocycles. The maximum Gasteiger partial charge on any atom is 0.410 e. The molecule has 0 spiro atoms. The van der Waals surface area contributed by atoms with Crippen molar-refractivity contribution in [1.82, 2.24) is 15.2 Å². The molecule has 3 rings (SSSR count). The van der Waals surface area contributed by atoms with Gasteiger partial charge in [0, 0.05) is 31.1 Å². The Labute approximate surface area is 149 Å². The summed E-state index contributed by atoms with van der Waals surface area (Å²) in [5.41, 5.74) is 1.57. The Kier molecular flexibility index (Phi) is 5.23. The maximum absolute atomic E-state index is 12.3. The number of aromatic nitrogens is 1. The fraction of sp³-hybridized carbons (Fsp3) is 0.500. The Morgan fingerprint density at radius 3 is 2.88 bits per heavy atom. The van der Waals surface area contributed by atoms with E-state index < -0.39 is 5.60 Å². The van der Waals surface area contributed by atoms with E-state index in [1.807, 2.05) is 43.9 Å². The molecule has 1 amide bonds. The lowest BCUT2D eigenvalue weighted by molar-refractivity contribution is 0.0226. The Bertz CT molecular complexity index is 739. The van der Waals surface area contributed by atoms with Gasteiger partial charge in [-0.1, -0.05) is 24.3 Å². The number of ether oxygens (including phenoxy) is 1. The predicted octanol–water partition coefficient (Wildman–Crippen LogP) is 3.72. The van der Waals surface area contributed by atoms with Crippen molar-refractivity contribution < 1.29 is 9.53 Å². The number of para-hydroxylation sites is 1. The molecule has 0 saturated carbocycles. The van der Waals surface area contributed by atoms with Crippen LogP contribution in [0.5, 0.6) is 0 Å². The van der Waals surface area contributed by atoms with Crippen molar-refractivity contribution in [2.24, 2.45) is 0 Å². The number of likely N-dealkylation sites (tertiary alicyclic amines) is 1. The van der Waals surface area contributed by atoms with Crippen LogP contribution >= 0.6 is 0 Å². The van der Waals surface area contributed by atoms with Crippen molar-refractivity contribution in [2.45, 2.75) is 51.8 Å². The van der Waals surface area contributed by atoms with Gasteiger partial charge in [-0.3, -0.25) is 4.98 Å². The van der Waals surface area contributed by atoms with E-state index in [1.165, 1.54) is 0 Å². The maximum atomic E-state index is 12.3. The van der Waals surface area contributed by atoms with Gasteiger partial charge in [0.1, 0.15) is 5.60 Å². The highest BCUT2D eigenvalue weighted by Gasteiger charge is 2.31. The van der Waals surface area contributed by atoms with Crippen LogP contribution in [0.15, 0.2) is 36.4 Å². The predicted molar refractivity (Wildman–Crippen MR) is 99.4 cm³/mol. The molecule has 1 aliphatic rings. The molecule has 1 atom stereocenters. The van der Waals surface area contributed by atoms with Crippen LogP contribution in [0.2, 0.25) is 0 Å². The minimum absolute atomic E-state index is 0.190. The molecule has 25 heavy (non-hydrogen) atoms. The first-order chi connectivity index (χ1) is 11.9. The third-order valence-electron chi connectivity index (χ3n) is 4.35. The number of pyridine rings is 1. The quantitative estimate of drug-likeness (QED) is 0.921. The average Bonchev–Trinajstić information content (AvgIpc) is 3.02. The lowest BCUT2D eigenvalue weighted by Crippen LogP contribution is -2.44. The van der Waals surface area contributed by atoms with Crippen molar-refractivity contribution in [3.8, 4) is 0 Å². The van der Waals surface area contributed by atoms with E-state index in [4.69, 9.17) is 4.74 Å². The molecule has 0 aliphatic carbocycles. The summed E-state index contributed by atoms with van der Waals surface area (Å²) >= 11 is 0. The number of fused-ring (bicyclic) bond motifs is 1. The molecular formula is C20H27N3O2. The normalized spacial score (nSPS) is 17.9. The summed E-state index contributed by atoms with van der Waals surface area (Å²) in [5, 5.41) is 4.60. The SMILES string of the molecule is CC(C)(C)OC(=O)N1CCCC1CNCc1ccc2ccccc2n1. The third kappa shape index (κ3) is 4.69. The average molecular weight is 341 g/mol. The number of carbonyl (C=O) groups excluding carboxylic acids is 1. The second kappa shape index (κ2) is 7.40. The summed E-state index contributed by atoms with van der Waals surface area (Å²) in [5.74, 6) is 0. The lowest BCUT2D eigenvalue weighted by atomic mass is 10.2. The summed E-state index contributed by atoms with van der Waals surface area (Å²) in [6.45, 7) is 7.94. The van der Waals surface area contributed by atoms with Gasteiger partial charge in [-0.2, -0.15) is 0 Å². The monoisotopic (exact) mass is 341 g/mol. The van der Waals surface area contributed by atoms with E-state index >= 15 is 0 Å². The van der Waals surface area contributed by atoms with Crippen molar-refractivity contribution in [1.29, 1.82) is 0 Å². The smallest absolute Gasteiger partial charge is 0.410 e. The largest absolute Gasteiger partial charge is 0.444 e. The number of hydrogen-bond donors (Lipinski definition) is 1. The molecule has 2 aromatic rings. The van der Waals surface area contributed by atoms with Crippen LogP contribution in [0.25, 0.3) is 10.9 Å². The van der Waals surface area contributed by atoms with E-state index in [9.17, 15) is 4.79 Å². The third-order valence-corrected chi connectivity index (χ3v) is 4.35. The number of amides is 1. The zero-order chi connectivity index (χ0) is 17.9. The Morgan fingerprint density at radius 2 is 2.08 bits per heavy atom. The first kappa shape index (κ1) is 17.7. The fourth-order valence-corrected chi connectivity index (χ4v) is 3.18. The van der Waals surface area contributed by atoms with Gasteiger partial charge < -0.3 is 15.0 Å². The summed E-state index contributed by atoms with van der Waals surface area (Å²) in [6, 6.07) is 12.5. The molecule has 5 heteroatoms. The van der Waals surface area contributed by atoms with Gasteiger partial charge in [-0.15, -0.1) is 0 Å². The minimum atomic E-state index is -0.452. The highest BCUT2D eigenvalue weighted by atomic mass is 16.6. The highest BCUT2D eigenvalue weighted by Crippen LogP contribution is 2.20. The van der Waals surface area contributed by atoms with Crippen molar-refractivity contribution in [3.05, 3.63) is 42.1 Å². The van der Waals surface area contributed by atoms with Crippen LogP contribution in [0.1, 0.15) is 39.3 Å². The number of hydrogen-bond acceptors (Lipinski definition) is 4. The molecule has 1 aromatic carbocycles. The Hall–Kier alpha value is -2.14. The number of benzene rings is 1. The minimum Gasteiger partial charge on any atom is -0.444 e. The van der Waals surface area contributed by atoms with Crippen LogP contribution in [-0.2, 0) is 11.3 Å². The molecular weight excluding hydrogens is 314 g/mol. The van der Waals surface area contributed by atoms with Crippen molar-refractivity contribution >= 4 is 17.0 Å². The summed E-state index contributed by atoms with van der Waals surface area (Å²) in [4.78, 5) is 18.8. The second-order valence-electron chi connectivity index (χ2n) is 7.60. The first-order valence-corrected chi connectivity index (χ1v) is 8.97. The van der Waals surface area contributed by atoms with Crippen LogP contribution in [0.3, 0.4) is 0 Å². The van der Waals surface area contributed by atoms with E-state index in [0.29, 0.717) is 6.54 Å². The molecule has 1 aromatic heterocycles. The standard InChI is InChI=1S/C20H27N3O2/c1-20(2,3)25-19(24)23-12-6-8-17(23)14-21-13-16-11-10-15-7-4-5-9-18(15)22-16/h4-5,7,9-11,17,21H,6,8,12-14H2,1-3H3. The van der Waals surface area contributed by atoms with Crippen molar-refractivity contribution in [3.63, 3.8) is 0 Å². The zero-order valence-corrected chi connectivity index (χ0v) is 15.3. The fourth-order valence-electron chi connectivity index (χ4n) is 3.18. The van der Waals surface area contributed by atoms with Crippen LogP contribution in [0, 0.1) is 0 Å². The molecule has 0 bridgehead atoms. The summed E-state index contributed by atoms with van der Waals surface area (Å²) < 4.78 is 5.51. The van der Waals surface area contributed by atoms with Gasteiger partial charge in [-0.05, 0) is 45.7 Å². The van der Waals surface area contributed by atoms with Gasteiger partial charge in [-0.25, -0.2) is 4.79 Å². The Morgan fingerprint density at radius 1 is 1.28 bits per heavy atom. The highest BCUT2D eigenvalue weighted by molar-refractivity contribution is 5.78. The van der Waals surface area contributed by atoms with Gasteiger partial charge in [0.2, 0.25) is 0 Å². The lowest BCUT2D eigenvalue weighted by Gasteiger charge is -2.28. The van der Waals surface area contributed by atoms with Gasteiger partial charge in [0.15, 0.2) is 0 Å². The van der Waals surface area contributed by atoms with Crippen molar-refractivity contribution in [2.75, 3.05) is 13.1 Å². The van der Waals surface area contributed by atoms with Crippen LogP contribution < -0.4 is 5.32 Å². The number of nitrogens with zero attached hydrogens (tertiary/aromatic N) is 2. The zero-order valence-electron chi connectivity index (χ0n) is 15.3. The molecule has 2 heterocycles. The van der Waals surface area contributed by atoms with E-state index in [0.717, 1.165) is 42.5 Å². The van der Waals surface area contributed by atoms with E-state index in [-0.39, 0.29) is 12.1 Å². The summed E-state index contributed by atoms with van der Waals surface area (Å²) in [6.07, 6.45) is 1.83. The first-order valence-electron chi connectivity index (χ1n) is 8.97. The topological polar surface area (TPSA) is 54.5 Å². The molecule has 0 radical (unpaired) electrons. The van der Waals surface area contributed by atoms with Crippen LogP contribution in [-0.4, -0.2) is 40.7 Å². The van der Waals surface area contributed by atoms with E-state index in [1.54, 1.807) is 0 Å². The molecule has 1 N–H and O–H groups in total. The molecule has 134 valence electrons. The van der Waals surface area contributed by atoms with Gasteiger partial charge in [0.05, 0.1) is 11.2 Å². The van der Waals surface area contributed by atoms with E-state index in [2.05, 4.69) is 28.5 Å². The number of carbonyl (C=O) groups is 1. The molecule has 1 unspecified atom stereocenters. The van der Waals surface area contributed by atoms with Gasteiger partial charge >= 0.3 is 6.09 Å². The number of rotatable bonds is 4. The Balaban J connectivity index is 1.54. The molecule has 5 nitrogen and oxygen atoms in total. The number of nitrogens with one attached hydrogen (secondary N) is 1. The summed E-state index contributed by atoms with van der Waals surface area (Å²) in [7, 11) is 0. The molecule has 1 fully saturated rings. The van der Waals surface area contributed by atoms with Crippen LogP contribution in [0.4, 0.5) is 4.79 Å². The van der Waals surface area contributed by atoms with Gasteiger partial charge in [0.25, 0.3) is 0 Å². The second-order valence-corrected chi connectivity index (χ2v) is 7.60. The molecule has 1 saturated heterocycles.